The second-order valence-corrected chi connectivity index (χ2v) is 5.74. The van der Waals surface area contributed by atoms with E-state index in [9.17, 15) is 4.79 Å². The van der Waals surface area contributed by atoms with Gasteiger partial charge in [-0.15, -0.1) is 0 Å². The lowest BCUT2D eigenvalue weighted by Gasteiger charge is -2.21. The zero-order chi connectivity index (χ0) is 15.2. The first kappa shape index (κ1) is 15.7. The number of nitrogens with zero attached hydrogens (tertiary/aromatic N) is 1. The minimum Gasteiger partial charge on any atom is -0.423 e. The van der Waals surface area contributed by atoms with E-state index in [4.69, 9.17) is 4.74 Å². The van der Waals surface area contributed by atoms with Crippen LogP contribution in [0.3, 0.4) is 0 Å². The van der Waals surface area contributed by atoms with E-state index in [1.165, 1.54) is 0 Å². The summed E-state index contributed by atoms with van der Waals surface area (Å²) in [6.45, 7) is 4.14. The van der Waals surface area contributed by atoms with Gasteiger partial charge in [0.1, 0.15) is 4.60 Å². The Balaban J connectivity index is 2.25. The molecule has 0 N–H and O–H groups in total. The summed E-state index contributed by atoms with van der Waals surface area (Å²) in [5.41, 5.74) is 0.983. The fraction of sp³-hybridized carbons (Fsp3) is 0.294. The van der Waals surface area contributed by atoms with E-state index in [2.05, 4.69) is 34.8 Å². The minimum absolute atomic E-state index is 0.204. The number of halogens is 1. The van der Waals surface area contributed by atoms with Crippen LogP contribution in [0.2, 0.25) is 0 Å². The number of benzene rings is 1. The van der Waals surface area contributed by atoms with Gasteiger partial charge in [0.2, 0.25) is 0 Å². The molecule has 1 heterocycles. The Morgan fingerprint density at radius 1 is 1.24 bits per heavy atom. The Kier molecular flexibility index (Phi) is 5.51. The van der Waals surface area contributed by atoms with Crippen molar-refractivity contribution in [3.8, 4) is 5.75 Å². The summed E-state index contributed by atoms with van der Waals surface area (Å²) < 4.78 is 6.07. The van der Waals surface area contributed by atoms with E-state index < -0.39 is 0 Å². The molecular formula is C17H18BrNO2. The fourth-order valence-electron chi connectivity index (χ4n) is 2.21. The summed E-state index contributed by atoms with van der Waals surface area (Å²) in [5.74, 6) is 0.134. The number of rotatable bonds is 5. The normalized spacial score (nSPS) is 13.5. The number of aromatic nitrogens is 1. The van der Waals surface area contributed by atoms with Gasteiger partial charge in [-0.25, -0.2) is 4.98 Å². The molecule has 0 saturated heterocycles. The molecule has 2 rings (SSSR count). The molecule has 0 fully saturated rings. The molecule has 0 radical (unpaired) electrons. The van der Waals surface area contributed by atoms with Gasteiger partial charge >= 0.3 is 5.97 Å². The predicted molar refractivity (Wildman–Crippen MR) is 86.2 cm³/mol. The number of esters is 1. The van der Waals surface area contributed by atoms with Crippen LogP contribution in [0.25, 0.3) is 0 Å². The molecule has 0 aliphatic heterocycles. The molecular weight excluding hydrogens is 330 g/mol. The largest absolute Gasteiger partial charge is 0.423 e. The smallest absolute Gasteiger partial charge is 0.319 e. The van der Waals surface area contributed by atoms with Gasteiger partial charge in [-0.1, -0.05) is 50.6 Å². The highest BCUT2D eigenvalue weighted by Crippen LogP contribution is 2.30. The van der Waals surface area contributed by atoms with Crippen molar-refractivity contribution in [1.82, 2.24) is 4.98 Å². The molecule has 1 aromatic heterocycles. The number of hydrogen-bond donors (Lipinski definition) is 0. The minimum atomic E-state index is -0.275. The summed E-state index contributed by atoms with van der Waals surface area (Å²) in [6, 6.07) is 13.2. The van der Waals surface area contributed by atoms with Crippen molar-refractivity contribution in [3.05, 3.63) is 58.8 Å². The maximum Gasteiger partial charge on any atom is 0.319 e. The van der Waals surface area contributed by atoms with Gasteiger partial charge < -0.3 is 4.74 Å². The molecule has 0 aliphatic carbocycles. The molecule has 0 saturated carbocycles. The van der Waals surface area contributed by atoms with Gasteiger partial charge in [0, 0.05) is 6.20 Å². The first-order valence-corrected chi connectivity index (χ1v) is 7.80. The maximum absolute atomic E-state index is 12.6. The number of pyridine rings is 1. The number of carbonyl (C=O) groups is 1. The lowest BCUT2D eigenvalue weighted by atomic mass is 9.85. The van der Waals surface area contributed by atoms with Crippen molar-refractivity contribution in [2.24, 2.45) is 5.92 Å². The molecule has 21 heavy (non-hydrogen) atoms. The number of hydrogen-bond acceptors (Lipinski definition) is 3. The van der Waals surface area contributed by atoms with Crippen LogP contribution in [-0.4, -0.2) is 11.0 Å². The summed E-state index contributed by atoms with van der Waals surface area (Å²) in [6.07, 6.45) is 2.55. The van der Waals surface area contributed by atoms with Crippen molar-refractivity contribution in [2.75, 3.05) is 0 Å². The molecule has 1 aromatic carbocycles. The highest BCUT2D eigenvalue weighted by molar-refractivity contribution is 9.10. The third-order valence-corrected chi connectivity index (χ3v) is 4.16. The summed E-state index contributed by atoms with van der Waals surface area (Å²) in [7, 11) is 0. The zero-order valence-electron chi connectivity index (χ0n) is 12.1. The Morgan fingerprint density at radius 2 is 1.95 bits per heavy atom. The highest BCUT2D eigenvalue weighted by Gasteiger charge is 2.28. The SMILES string of the molecule is CCC(C)C(C(=O)Oc1cccnc1Br)c1ccccc1. The van der Waals surface area contributed by atoms with Crippen LogP contribution >= 0.6 is 15.9 Å². The fourth-order valence-corrected chi connectivity index (χ4v) is 2.54. The summed E-state index contributed by atoms with van der Waals surface area (Å²) >= 11 is 3.30. The Hall–Kier alpha value is -1.68. The summed E-state index contributed by atoms with van der Waals surface area (Å²) in [4.78, 5) is 16.7. The molecule has 3 nitrogen and oxygen atoms in total. The highest BCUT2D eigenvalue weighted by atomic mass is 79.9. The van der Waals surface area contributed by atoms with Gasteiger partial charge in [0.05, 0.1) is 5.92 Å². The Labute approximate surface area is 133 Å². The molecule has 110 valence electrons. The number of carbonyl (C=O) groups excluding carboxylic acids is 1. The standard InChI is InChI=1S/C17H18BrNO2/c1-3-12(2)15(13-8-5-4-6-9-13)17(20)21-14-10-7-11-19-16(14)18/h4-12,15H,3H2,1-2H3. The van der Waals surface area contributed by atoms with Crippen LogP contribution in [0, 0.1) is 5.92 Å². The van der Waals surface area contributed by atoms with Crippen molar-refractivity contribution in [2.45, 2.75) is 26.2 Å². The number of ether oxygens (including phenoxy) is 1. The molecule has 0 bridgehead atoms. The van der Waals surface area contributed by atoms with Gasteiger partial charge in [0.15, 0.2) is 5.75 Å². The van der Waals surface area contributed by atoms with Crippen molar-refractivity contribution in [3.63, 3.8) is 0 Å². The zero-order valence-corrected chi connectivity index (χ0v) is 13.7. The van der Waals surface area contributed by atoms with Crippen LogP contribution in [-0.2, 0) is 4.79 Å². The van der Waals surface area contributed by atoms with E-state index in [1.54, 1.807) is 18.3 Å². The van der Waals surface area contributed by atoms with E-state index >= 15 is 0 Å². The van der Waals surface area contributed by atoms with Gasteiger partial charge in [-0.05, 0) is 39.5 Å². The van der Waals surface area contributed by atoms with Gasteiger partial charge in [0.25, 0.3) is 0 Å². The van der Waals surface area contributed by atoms with Crippen molar-refractivity contribution >= 4 is 21.9 Å². The van der Waals surface area contributed by atoms with Crippen LogP contribution in [0.4, 0.5) is 0 Å². The van der Waals surface area contributed by atoms with E-state index in [0.717, 1.165) is 12.0 Å². The van der Waals surface area contributed by atoms with Gasteiger partial charge in [-0.3, -0.25) is 4.79 Å². The second-order valence-electron chi connectivity index (χ2n) is 4.99. The molecule has 2 aromatic rings. The van der Waals surface area contributed by atoms with Gasteiger partial charge in [-0.2, -0.15) is 0 Å². The average molecular weight is 348 g/mol. The Morgan fingerprint density at radius 3 is 2.57 bits per heavy atom. The third kappa shape index (κ3) is 3.91. The molecule has 2 atom stereocenters. The van der Waals surface area contributed by atoms with Crippen molar-refractivity contribution < 1.29 is 9.53 Å². The molecule has 4 heteroatoms. The molecule has 0 amide bonds. The molecule has 2 unspecified atom stereocenters. The van der Waals surface area contributed by atoms with Crippen LogP contribution in [0.15, 0.2) is 53.3 Å². The lowest BCUT2D eigenvalue weighted by molar-refractivity contribution is -0.137. The van der Waals surface area contributed by atoms with E-state index in [0.29, 0.717) is 10.4 Å². The molecule has 0 spiro atoms. The molecule has 0 aliphatic rings. The predicted octanol–water partition coefficient (Wildman–Crippen LogP) is 4.58. The monoisotopic (exact) mass is 347 g/mol. The quantitative estimate of drug-likeness (QED) is 0.587. The van der Waals surface area contributed by atoms with E-state index in [-0.39, 0.29) is 17.8 Å². The average Bonchev–Trinajstić information content (AvgIpc) is 2.50. The second kappa shape index (κ2) is 7.36. The third-order valence-electron chi connectivity index (χ3n) is 3.56. The first-order chi connectivity index (χ1) is 10.1. The summed E-state index contributed by atoms with van der Waals surface area (Å²) in [5, 5.41) is 0. The lowest BCUT2D eigenvalue weighted by Crippen LogP contribution is -2.24. The van der Waals surface area contributed by atoms with Crippen LogP contribution in [0.5, 0.6) is 5.75 Å². The first-order valence-electron chi connectivity index (χ1n) is 7.00. The Bertz CT molecular complexity index is 601. The van der Waals surface area contributed by atoms with Crippen molar-refractivity contribution in [1.29, 1.82) is 0 Å². The van der Waals surface area contributed by atoms with E-state index in [1.807, 2.05) is 30.3 Å². The topological polar surface area (TPSA) is 39.2 Å². The van der Waals surface area contributed by atoms with Crippen LogP contribution in [0.1, 0.15) is 31.7 Å². The van der Waals surface area contributed by atoms with Crippen LogP contribution < -0.4 is 4.74 Å². The maximum atomic E-state index is 12.6.